The van der Waals surface area contributed by atoms with Gasteiger partial charge in [-0.2, -0.15) is 0 Å². The third kappa shape index (κ3) is 4.11. The number of phosphoric ester groups is 1. The summed E-state index contributed by atoms with van der Waals surface area (Å²) in [4.78, 5) is 8.13. The van der Waals surface area contributed by atoms with Crippen LogP contribution in [0.15, 0.2) is 47.3 Å². The summed E-state index contributed by atoms with van der Waals surface area (Å²) in [5.74, 6) is 0.261. The molecule has 5 rings (SSSR count). The molecule has 0 aliphatic carbocycles. The largest absolute Gasteiger partial charge is 0.477 e. The number of fused-ring (bicyclic) bond motifs is 1. The zero-order valence-electron chi connectivity index (χ0n) is 17.4. The van der Waals surface area contributed by atoms with Gasteiger partial charge >= 0.3 is 7.82 Å². The van der Waals surface area contributed by atoms with Crippen LogP contribution < -0.4 is 5.73 Å². The van der Waals surface area contributed by atoms with Gasteiger partial charge in [0.2, 0.25) is 6.29 Å². The molecule has 11 nitrogen and oxygen atoms in total. The minimum absolute atomic E-state index is 0.121. The van der Waals surface area contributed by atoms with Gasteiger partial charge in [-0.15, -0.1) is 0 Å². The molecule has 3 aromatic rings. The van der Waals surface area contributed by atoms with Crippen LogP contribution in [0.25, 0.3) is 11.0 Å². The second-order valence-electron chi connectivity index (χ2n) is 8.07. The molecule has 0 saturated carbocycles. The fourth-order valence-electron chi connectivity index (χ4n) is 4.00. The molecule has 2 saturated heterocycles. The molecule has 0 radical (unpaired) electrons. The van der Waals surface area contributed by atoms with E-state index in [9.17, 15) is 14.8 Å². The Bertz CT molecular complexity index is 1240. The Morgan fingerprint density at radius 2 is 2.18 bits per heavy atom. The lowest BCUT2D eigenvalue weighted by Gasteiger charge is -2.31. The summed E-state index contributed by atoms with van der Waals surface area (Å²) in [6.45, 7) is 1.50. The first kappa shape index (κ1) is 22.9. The number of ether oxygens (including phenoxy) is 1. The molecule has 0 amide bonds. The summed E-state index contributed by atoms with van der Waals surface area (Å²) in [5.41, 5.74) is 5.25. The van der Waals surface area contributed by atoms with E-state index < -0.39 is 38.1 Å². The number of halogens is 1. The van der Waals surface area contributed by atoms with Crippen molar-refractivity contribution in [2.45, 2.75) is 43.7 Å². The van der Waals surface area contributed by atoms with E-state index in [0.29, 0.717) is 17.5 Å². The molecule has 176 valence electrons. The van der Waals surface area contributed by atoms with Gasteiger partial charge in [0.05, 0.1) is 18.1 Å². The number of hydrogen-bond acceptors (Lipinski definition) is 10. The van der Waals surface area contributed by atoms with Gasteiger partial charge in [0.25, 0.3) is 0 Å². The summed E-state index contributed by atoms with van der Waals surface area (Å²) in [5, 5.41) is 22.4. The standard InChI is InChI=1S/C20H22BrN4O7P/c1-20(27)15(26)18(30-19(20)25-7-5-13-16(22)23-10-24-17(13)25)32-33(28)29-8-6-14(31-33)11-3-2-4-12(21)9-11/h2-5,7,9-10,14-15,18-19,26-27H,6,8H2,1H3,(H2,22,23,24)/t14-,15+,18?,19+,20+,33?/m0/s1. The number of nitrogen functional groups attached to an aromatic ring is 1. The highest BCUT2D eigenvalue weighted by Gasteiger charge is 2.56. The molecule has 13 heteroatoms. The first-order valence-corrected chi connectivity index (χ1v) is 12.4. The van der Waals surface area contributed by atoms with Crippen LogP contribution in [0.4, 0.5) is 5.82 Å². The first-order chi connectivity index (χ1) is 15.7. The van der Waals surface area contributed by atoms with Crippen molar-refractivity contribution in [3.8, 4) is 0 Å². The zero-order chi connectivity index (χ0) is 23.4. The fraction of sp³-hybridized carbons (Fsp3) is 0.400. The number of anilines is 1. The van der Waals surface area contributed by atoms with Crippen molar-refractivity contribution in [1.29, 1.82) is 0 Å². The van der Waals surface area contributed by atoms with E-state index >= 15 is 0 Å². The van der Waals surface area contributed by atoms with Gasteiger partial charge in [-0.1, -0.05) is 28.1 Å². The quantitative estimate of drug-likeness (QED) is 0.421. The van der Waals surface area contributed by atoms with Crippen LogP contribution in [-0.4, -0.2) is 49.4 Å². The maximum atomic E-state index is 13.3. The normalized spacial score (nSPS) is 34.7. The topological polar surface area (TPSA) is 151 Å². The Balaban J connectivity index is 1.38. The Kier molecular flexibility index (Phi) is 5.82. The summed E-state index contributed by atoms with van der Waals surface area (Å²) >= 11 is 3.41. The van der Waals surface area contributed by atoms with Crippen LogP contribution in [0, 0.1) is 0 Å². The third-order valence-corrected chi connectivity index (χ3v) is 7.72. The van der Waals surface area contributed by atoms with E-state index in [2.05, 4.69) is 25.9 Å². The Morgan fingerprint density at radius 1 is 1.36 bits per heavy atom. The van der Waals surface area contributed by atoms with Crippen LogP contribution in [0.3, 0.4) is 0 Å². The van der Waals surface area contributed by atoms with E-state index in [1.54, 1.807) is 12.3 Å². The van der Waals surface area contributed by atoms with Crippen LogP contribution in [0.1, 0.15) is 31.2 Å². The lowest BCUT2D eigenvalue weighted by molar-refractivity contribution is -0.145. The number of aromatic nitrogens is 3. The first-order valence-electron chi connectivity index (χ1n) is 10.2. The van der Waals surface area contributed by atoms with Gasteiger partial charge in [-0.05, 0) is 30.7 Å². The Morgan fingerprint density at radius 3 is 2.97 bits per heavy atom. The number of phosphoric acid groups is 1. The highest BCUT2D eigenvalue weighted by Crippen LogP contribution is 2.59. The van der Waals surface area contributed by atoms with Crippen molar-refractivity contribution in [1.82, 2.24) is 14.5 Å². The smallest absolute Gasteiger partial charge is 0.385 e. The van der Waals surface area contributed by atoms with Gasteiger partial charge in [-0.3, -0.25) is 13.6 Å². The minimum Gasteiger partial charge on any atom is -0.385 e. The van der Waals surface area contributed by atoms with Crippen LogP contribution in [0.2, 0.25) is 0 Å². The molecule has 0 spiro atoms. The van der Waals surface area contributed by atoms with Crippen molar-refractivity contribution in [3.63, 3.8) is 0 Å². The van der Waals surface area contributed by atoms with Crippen molar-refractivity contribution in [3.05, 3.63) is 52.9 Å². The predicted molar refractivity (Wildman–Crippen MR) is 120 cm³/mol. The number of nitrogens with two attached hydrogens (primary N) is 1. The third-order valence-electron chi connectivity index (χ3n) is 5.75. The highest BCUT2D eigenvalue weighted by molar-refractivity contribution is 9.10. The molecule has 6 atom stereocenters. The molecule has 33 heavy (non-hydrogen) atoms. The minimum atomic E-state index is -4.12. The molecule has 2 aromatic heterocycles. The van der Waals surface area contributed by atoms with Gasteiger partial charge in [0.1, 0.15) is 29.5 Å². The van der Waals surface area contributed by atoms with E-state index in [4.69, 9.17) is 24.0 Å². The Labute approximate surface area is 197 Å². The number of aliphatic hydroxyl groups excluding tert-OH is 1. The van der Waals surface area contributed by atoms with Gasteiger partial charge < -0.3 is 25.3 Å². The maximum absolute atomic E-state index is 13.3. The molecule has 2 unspecified atom stereocenters. The molecule has 2 aliphatic heterocycles. The second kappa shape index (κ2) is 8.40. The highest BCUT2D eigenvalue weighted by atomic mass is 79.9. The van der Waals surface area contributed by atoms with E-state index in [1.165, 1.54) is 17.8 Å². The van der Waals surface area contributed by atoms with Crippen LogP contribution in [-0.2, 0) is 22.9 Å². The van der Waals surface area contributed by atoms with Gasteiger partial charge in [-0.25, -0.2) is 14.5 Å². The van der Waals surface area contributed by atoms with Crippen molar-refractivity contribution >= 4 is 40.6 Å². The number of benzene rings is 1. The van der Waals surface area contributed by atoms with E-state index in [-0.39, 0.29) is 12.4 Å². The summed E-state index contributed by atoms with van der Waals surface area (Å²) in [6.07, 6.45) is -1.37. The summed E-state index contributed by atoms with van der Waals surface area (Å²) < 4.78 is 38.0. The molecular weight excluding hydrogens is 519 g/mol. The second-order valence-corrected chi connectivity index (χ2v) is 10.6. The molecule has 2 aliphatic rings. The van der Waals surface area contributed by atoms with Gasteiger partial charge in [0, 0.05) is 17.1 Å². The molecule has 1 aromatic carbocycles. The molecule has 4 heterocycles. The number of rotatable bonds is 4. The SMILES string of the molecule is C[C@@]1(O)[C@H](O)C(OP2(=O)OCC[C@@H](c3cccc(Br)c3)O2)O[C@H]1n1ccc2c(N)ncnc21. The van der Waals surface area contributed by atoms with E-state index in [0.717, 1.165) is 10.0 Å². The maximum Gasteiger partial charge on any atom is 0.477 e. The molecule has 4 N–H and O–H groups in total. The lowest BCUT2D eigenvalue weighted by atomic mass is 9.99. The monoisotopic (exact) mass is 540 g/mol. The van der Waals surface area contributed by atoms with Crippen molar-refractivity contribution < 1.29 is 33.1 Å². The summed E-state index contributed by atoms with van der Waals surface area (Å²) in [6, 6.07) is 9.08. The number of nitrogens with zero attached hydrogens (tertiary/aromatic N) is 3. The predicted octanol–water partition coefficient (Wildman–Crippen LogP) is 3.05. The average Bonchev–Trinajstić information content (AvgIpc) is 3.29. The lowest BCUT2D eigenvalue weighted by Crippen LogP contribution is -2.44. The van der Waals surface area contributed by atoms with Crippen LogP contribution >= 0.6 is 23.8 Å². The van der Waals surface area contributed by atoms with Crippen molar-refractivity contribution in [2.75, 3.05) is 12.3 Å². The van der Waals surface area contributed by atoms with E-state index in [1.807, 2.05) is 24.3 Å². The number of aliphatic hydroxyl groups is 2. The molecule has 2 fully saturated rings. The van der Waals surface area contributed by atoms with Crippen molar-refractivity contribution in [2.24, 2.45) is 0 Å². The zero-order valence-corrected chi connectivity index (χ0v) is 19.9. The Hall–Kier alpha value is -1.89. The van der Waals surface area contributed by atoms with Gasteiger partial charge in [0.15, 0.2) is 6.23 Å². The average molecular weight is 541 g/mol. The van der Waals surface area contributed by atoms with Crippen LogP contribution in [0.5, 0.6) is 0 Å². The fourth-order valence-corrected chi connectivity index (χ4v) is 5.87. The number of hydrogen-bond donors (Lipinski definition) is 3. The molecular formula is C20H22BrN4O7P. The molecule has 0 bridgehead atoms. The summed E-state index contributed by atoms with van der Waals surface area (Å²) in [7, 11) is -4.12.